The number of hydrogen-bond donors (Lipinski definition) is 0. The fraction of sp³-hybridized carbons (Fsp3) is 0. The number of aromatic nitrogens is 6. The molecule has 0 radical (unpaired) electrons. The van der Waals surface area contributed by atoms with Gasteiger partial charge in [-0.05, 0) is 101 Å². The molecule has 0 spiro atoms. The Balaban J connectivity index is 0.867. The summed E-state index contributed by atoms with van der Waals surface area (Å²) in [5, 5.41) is 2.33. The first-order valence-corrected chi connectivity index (χ1v) is 29.8. The lowest BCUT2D eigenvalue weighted by Gasteiger charge is -2.45. The van der Waals surface area contributed by atoms with Crippen molar-refractivity contribution in [2.45, 2.75) is 0 Å². The summed E-state index contributed by atoms with van der Waals surface area (Å²) >= 11 is 0. The van der Waals surface area contributed by atoms with E-state index < -0.39 is 0 Å². The molecule has 0 bridgehead atoms. The number of fused-ring (bicyclic) bond motifs is 7. The van der Waals surface area contributed by atoms with Crippen LogP contribution in [0.25, 0.3) is 107 Å². The molecule has 0 N–H and O–H groups in total. The van der Waals surface area contributed by atoms with Crippen molar-refractivity contribution in [1.82, 2.24) is 29.5 Å². The number of nitrogens with zero attached hydrogens (tertiary/aromatic N) is 8. The van der Waals surface area contributed by atoms with Gasteiger partial charge in [-0.25, -0.2) is 24.9 Å². The van der Waals surface area contributed by atoms with Crippen LogP contribution in [0, 0.1) is 0 Å². The summed E-state index contributed by atoms with van der Waals surface area (Å²) in [7, 11) is 0. The Labute approximate surface area is 509 Å². The summed E-state index contributed by atoms with van der Waals surface area (Å²) in [6, 6.07) is 110. The SMILES string of the molecule is c1ccc(-c2cc(-c3cc(-c4nc(-c5ccccc5)nc(-c5ccccc5)n4)ccc3-n3c4ccccc4c4ccccc43)nc(-c3ccc(-c4ccc5c6c4N(c4ccccc4)c4ccccc4B6c4ccccc4N5c4ccccc4)cc3)n2)cc1. The third-order valence-corrected chi connectivity index (χ3v) is 17.3. The van der Waals surface area contributed by atoms with E-state index in [-0.39, 0.29) is 6.71 Å². The van der Waals surface area contributed by atoms with Gasteiger partial charge in [0.1, 0.15) is 0 Å². The molecule has 15 aromatic rings. The lowest BCUT2D eigenvalue weighted by Crippen LogP contribution is -2.61. The highest BCUT2D eigenvalue weighted by atomic mass is 15.2. The molecule has 5 heterocycles. The van der Waals surface area contributed by atoms with Crippen molar-refractivity contribution < 1.29 is 0 Å². The Morgan fingerprint density at radius 1 is 0.261 bits per heavy atom. The van der Waals surface area contributed by atoms with Gasteiger partial charge in [-0.15, -0.1) is 0 Å². The second-order valence-corrected chi connectivity index (χ2v) is 22.3. The second kappa shape index (κ2) is 21.1. The van der Waals surface area contributed by atoms with Crippen molar-refractivity contribution in [3.05, 3.63) is 309 Å². The molecule has 0 fully saturated rings. The first-order valence-electron chi connectivity index (χ1n) is 29.8. The zero-order chi connectivity index (χ0) is 58.1. The van der Waals surface area contributed by atoms with E-state index in [9.17, 15) is 0 Å². The molecule has 2 aliphatic heterocycles. The van der Waals surface area contributed by atoms with Gasteiger partial charge < -0.3 is 14.4 Å². The molecule has 0 saturated carbocycles. The van der Waals surface area contributed by atoms with Crippen molar-refractivity contribution in [3.8, 4) is 84.9 Å². The average Bonchev–Trinajstić information content (AvgIpc) is 0.860. The third-order valence-electron chi connectivity index (χ3n) is 17.3. The molecule has 17 rings (SSSR count). The number of hydrogen-bond acceptors (Lipinski definition) is 7. The highest BCUT2D eigenvalue weighted by Crippen LogP contribution is 2.48. The topological polar surface area (TPSA) is 75.9 Å². The van der Waals surface area contributed by atoms with Gasteiger partial charge in [0.05, 0.1) is 33.8 Å². The van der Waals surface area contributed by atoms with Crippen LogP contribution < -0.4 is 26.2 Å². The van der Waals surface area contributed by atoms with Gasteiger partial charge >= 0.3 is 0 Å². The van der Waals surface area contributed by atoms with E-state index >= 15 is 0 Å². The van der Waals surface area contributed by atoms with Crippen molar-refractivity contribution in [2.24, 2.45) is 0 Å². The number of para-hydroxylation sites is 6. The fourth-order valence-electron chi connectivity index (χ4n) is 13.3. The fourth-order valence-corrected chi connectivity index (χ4v) is 13.3. The highest BCUT2D eigenvalue weighted by molar-refractivity contribution is 7.00. The van der Waals surface area contributed by atoms with E-state index in [4.69, 9.17) is 24.9 Å². The highest BCUT2D eigenvalue weighted by Gasteiger charge is 2.44. The van der Waals surface area contributed by atoms with Crippen LogP contribution in [0.1, 0.15) is 0 Å². The maximum absolute atomic E-state index is 5.65. The average molecular weight is 1120 g/mol. The summed E-state index contributed by atoms with van der Waals surface area (Å²) in [6.07, 6.45) is 0. The normalized spacial score (nSPS) is 12.2. The molecule has 0 aliphatic carbocycles. The molecule has 88 heavy (non-hydrogen) atoms. The minimum atomic E-state index is -0.0167. The van der Waals surface area contributed by atoms with Crippen molar-refractivity contribution >= 4 is 79.0 Å². The molecular formula is C79H51BN8. The van der Waals surface area contributed by atoms with Gasteiger partial charge in [-0.2, -0.15) is 0 Å². The smallest absolute Gasteiger partial charge is 0.252 e. The largest absolute Gasteiger partial charge is 0.311 e. The predicted octanol–water partition coefficient (Wildman–Crippen LogP) is 17.5. The first-order chi connectivity index (χ1) is 43.7. The van der Waals surface area contributed by atoms with Crippen LogP contribution in [0.2, 0.25) is 0 Å². The third kappa shape index (κ3) is 8.50. The van der Waals surface area contributed by atoms with E-state index in [1.54, 1.807) is 0 Å². The van der Waals surface area contributed by atoms with Crippen LogP contribution in [0.4, 0.5) is 34.1 Å². The molecule has 0 saturated heterocycles. The van der Waals surface area contributed by atoms with Crippen LogP contribution >= 0.6 is 0 Å². The maximum atomic E-state index is 5.65. The Morgan fingerprint density at radius 2 is 0.682 bits per heavy atom. The molecule has 410 valence electrons. The summed E-state index contributed by atoms with van der Waals surface area (Å²) in [5.74, 6) is 2.33. The summed E-state index contributed by atoms with van der Waals surface area (Å²) in [5.41, 5.74) is 22.9. The molecule has 8 nitrogen and oxygen atoms in total. The molecule has 0 amide bonds. The van der Waals surface area contributed by atoms with Gasteiger partial charge in [0.15, 0.2) is 23.3 Å². The molecule has 9 heteroatoms. The molecule has 12 aromatic carbocycles. The predicted molar refractivity (Wildman–Crippen MR) is 362 cm³/mol. The first kappa shape index (κ1) is 50.7. The van der Waals surface area contributed by atoms with Crippen LogP contribution in [0.5, 0.6) is 0 Å². The van der Waals surface area contributed by atoms with E-state index in [1.807, 2.05) is 66.7 Å². The Bertz CT molecular complexity index is 5030. The summed E-state index contributed by atoms with van der Waals surface area (Å²) in [4.78, 5) is 31.5. The van der Waals surface area contributed by atoms with Crippen molar-refractivity contribution in [2.75, 3.05) is 9.80 Å². The van der Waals surface area contributed by atoms with E-state index in [1.165, 1.54) is 22.1 Å². The molecule has 0 atom stereocenters. The maximum Gasteiger partial charge on any atom is 0.252 e. The minimum absolute atomic E-state index is 0.0167. The number of benzene rings is 12. The molecular weight excluding hydrogens is 1070 g/mol. The second-order valence-electron chi connectivity index (χ2n) is 22.3. The van der Waals surface area contributed by atoms with Gasteiger partial charge in [0.25, 0.3) is 6.71 Å². The van der Waals surface area contributed by atoms with Gasteiger partial charge in [0, 0.05) is 78.2 Å². The van der Waals surface area contributed by atoms with E-state index in [0.29, 0.717) is 23.3 Å². The van der Waals surface area contributed by atoms with Gasteiger partial charge in [-0.1, -0.05) is 231 Å². The number of anilines is 6. The lowest BCUT2D eigenvalue weighted by atomic mass is 9.33. The standard InChI is InChI=1S/C79H51BN8/c1-6-24-53(25-7-1)66-51-67(63-50-57(46-48-70(63)88-68-38-20-16-34-61(68)62-35-17-21-39-69(62)88)79-84-77(54-26-8-2-9-27-54)83-78(85-79)55-28-10-3-11-29-55)82-76(81-66)56-44-42-52(43-45-56)60-47-49-73-74-75(60)87(59-32-14-5-15-33-59)72-41-23-19-37-65(72)80(74)64-36-18-22-40-71(64)86(73)58-30-12-4-13-31-58/h1-51H. The summed E-state index contributed by atoms with van der Waals surface area (Å²) < 4.78 is 2.37. The Kier molecular flexibility index (Phi) is 12.1. The zero-order valence-electron chi connectivity index (χ0n) is 47.6. The molecule has 0 unspecified atom stereocenters. The van der Waals surface area contributed by atoms with E-state index in [2.05, 4.69) is 257 Å². The van der Waals surface area contributed by atoms with Crippen LogP contribution in [-0.4, -0.2) is 36.2 Å². The van der Waals surface area contributed by atoms with Crippen LogP contribution in [0.3, 0.4) is 0 Å². The van der Waals surface area contributed by atoms with Crippen molar-refractivity contribution in [3.63, 3.8) is 0 Å². The molecule has 3 aromatic heterocycles. The Morgan fingerprint density at radius 3 is 1.27 bits per heavy atom. The Hall–Kier alpha value is -11.8. The van der Waals surface area contributed by atoms with Crippen LogP contribution in [0.15, 0.2) is 309 Å². The van der Waals surface area contributed by atoms with Crippen LogP contribution in [-0.2, 0) is 0 Å². The van der Waals surface area contributed by atoms with Gasteiger partial charge in [-0.3, -0.25) is 0 Å². The quantitative estimate of drug-likeness (QED) is 0.126. The minimum Gasteiger partial charge on any atom is -0.311 e. The van der Waals surface area contributed by atoms with Gasteiger partial charge in [0.2, 0.25) is 0 Å². The number of rotatable bonds is 10. The lowest BCUT2D eigenvalue weighted by molar-refractivity contribution is 1.07. The van der Waals surface area contributed by atoms with Crippen molar-refractivity contribution in [1.29, 1.82) is 0 Å². The molecule has 2 aliphatic rings. The monoisotopic (exact) mass is 1120 g/mol. The summed E-state index contributed by atoms with van der Waals surface area (Å²) in [6.45, 7) is -0.0167. The zero-order valence-corrected chi connectivity index (χ0v) is 47.6. The van der Waals surface area contributed by atoms with E-state index in [0.717, 1.165) is 112 Å².